The normalized spacial score (nSPS) is 12.1. The molecule has 0 bridgehead atoms. The number of hydrogen-bond donors (Lipinski definition) is 2. The van der Waals surface area contributed by atoms with Gasteiger partial charge in [0.05, 0.1) is 21.9 Å². The van der Waals surface area contributed by atoms with Crippen molar-refractivity contribution in [2.45, 2.75) is 17.5 Å². The van der Waals surface area contributed by atoms with Gasteiger partial charge in [-0.1, -0.05) is 35.0 Å². The molecule has 15 heteroatoms. The molecule has 1 aromatic heterocycles. The monoisotopic (exact) mass is 529 g/mol. The van der Waals surface area contributed by atoms with Crippen LogP contribution in [0.25, 0.3) is 11.4 Å². The van der Waals surface area contributed by atoms with Crippen molar-refractivity contribution in [3.8, 4) is 11.4 Å². The summed E-state index contributed by atoms with van der Waals surface area (Å²) < 4.78 is 78.7. The van der Waals surface area contributed by atoms with E-state index in [9.17, 15) is 31.1 Å². The lowest BCUT2D eigenvalue weighted by molar-refractivity contribution is -0.143. The van der Waals surface area contributed by atoms with Gasteiger partial charge in [0.25, 0.3) is 0 Å². The number of rotatable bonds is 5. The Hall–Kier alpha value is -2.64. The fourth-order valence-corrected chi connectivity index (χ4v) is 3.73. The van der Waals surface area contributed by atoms with Crippen LogP contribution in [-0.2, 0) is 17.1 Å². The minimum atomic E-state index is -5.04. The maximum atomic E-state index is 12.9. The third-order valence-corrected chi connectivity index (χ3v) is 5.53. The van der Waals surface area contributed by atoms with E-state index in [1.165, 1.54) is 6.07 Å². The van der Waals surface area contributed by atoms with E-state index in [0.29, 0.717) is 22.7 Å². The van der Waals surface area contributed by atoms with Crippen molar-refractivity contribution in [3.63, 3.8) is 0 Å². The highest BCUT2D eigenvalue weighted by Gasteiger charge is 2.37. The van der Waals surface area contributed by atoms with Crippen LogP contribution in [0, 0.1) is 0 Å². The Morgan fingerprint density at radius 3 is 2.15 bits per heavy atom. The van der Waals surface area contributed by atoms with Gasteiger partial charge in [-0.3, -0.25) is 4.79 Å². The molecule has 0 radical (unpaired) electrons. The molecule has 176 valence electrons. The van der Waals surface area contributed by atoms with Crippen LogP contribution in [0.5, 0.6) is 0 Å². The summed E-state index contributed by atoms with van der Waals surface area (Å²) in [5.74, 6) is 4.74. The molecule has 0 aliphatic heterocycles. The highest BCUT2D eigenvalue weighted by atomic mass is 35.5. The minimum Gasteiger partial charge on any atom is -0.335 e. The van der Waals surface area contributed by atoms with Crippen molar-refractivity contribution in [1.82, 2.24) is 14.9 Å². The molecule has 0 atom stereocenters. The number of halogens is 8. The maximum Gasteiger partial charge on any atom is 0.416 e. The van der Waals surface area contributed by atoms with Crippen molar-refractivity contribution in [3.05, 3.63) is 57.6 Å². The molecule has 0 aliphatic rings. The highest BCUT2D eigenvalue weighted by molar-refractivity contribution is 7.99. The van der Waals surface area contributed by atoms with E-state index in [0.717, 1.165) is 16.4 Å². The molecule has 1 amide bonds. The van der Waals surface area contributed by atoms with Gasteiger partial charge in [0.15, 0.2) is 5.82 Å². The number of nitrogen functional groups attached to an aromatic ring is 1. The summed E-state index contributed by atoms with van der Waals surface area (Å²) in [6.07, 6.45) is -10.1. The first-order valence-corrected chi connectivity index (χ1v) is 10.4. The zero-order valence-electron chi connectivity index (χ0n) is 15.9. The molecule has 0 fully saturated rings. The standard InChI is InChI=1S/C18H11Cl2F6N5OS/c19-10-1-2-12(13(20)6-10)15-29-30-16(31(15)27)33-7-14(32)28-11-4-8(17(21,22)23)3-9(5-11)18(24,25)26/h1-6H,7,27H2,(H,28,32). The van der Waals surface area contributed by atoms with Crippen LogP contribution in [0.1, 0.15) is 11.1 Å². The Labute approximate surface area is 196 Å². The topological polar surface area (TPSA) is 85.8 Å². The number of alkyl halides is 6. The number of carbonyl (C=O) groups excluding carboxylic acids is 1. The number of anilines is 1. The Bertz CT molecular complexity index is 1170. The predicted molar refractivity (Wildman–Crippen MR) is 111 cm³/mol. The number of amides is 1. The molecule has 3 N–H and O–H groups in total. The lowest BCUT2D eigenvalue weighted by Crippen LogP contribution is -2.18. The first kappa shape index (κ1) is 25.0. The smallest absolute Gasteiger partial charge is 0.335 e. The highest BCUT2D eigenvalue weighted by Crippen LogP contribution is 2.37. The number of nitrogens with two attached hydrogens (primary N) is 1. The molecule has 1 heterocycles. The van der Waals surface area contributed by atoms with Crippen LogP contribution in [0.3, 0.4) is 0 Å². The predicted octanol–water partition coefficient (Wildman–Crippen LogP) is 5.73. The Balaban J connectivity index is 1.74. The molecule has 6 nitrogen and oxygen atoms in total. The van der Waals surface area contributed by atoms with Crippen LogP contribution >= 0.6 is 35.0 Å². The zero-order valence-corrected chi connectivity index (χ0v) is 18.3. The van der Waals surface area contributed by atoms with E-state index in [1.54, 1.807) is 12.1 Å². The van der Waals surface area contributed by atoms with Gasteiger partial charge in [0.1, 0.15) is 0 Å². The lowest BCUT2D eigenvalue weighted by atomic mass is 10.1. The number of carbonyl (C=O) groups is 1. The van der Waals surface area contributed by atoms with E-state index in [-0.39, 0.29) is 22.1 Å². The summed E-state index contributed by atoms with van der Waals surface area (Å²) >= 11 is 12.7. The van der Waals surface area contributed by atoms with Crippen LogP contribution in [-0.4, -0.2) is 26.5 Å². The van der Waals surface area contributed by atoms with Gasteiger partial charge in [-0.25, -0.2) is 4.68 Å². The fraction of sp³-hybridized carbons (Fsp3) is 0.167. The molecule has 0 spiro atoms. The largest absolute Gasteiger partial charge is 0.416 e. The van der Waals surface area contributed by atoms with E-state index < -0.39 is 40.8 Å². The second-order valence-electron chi connectivity index (χ2n) is 6.43. The number of nitrogens with one attached hydrogen (secondary N) is 1. The van der Waals surface area contributed by atoms with Crippen molar-refractivity contribution in [1.29, 1.82) is 0 Å². The molecule has 3 aromatic rings. The molecular formula is C18H11Cl2F6N5OS. The summed E-state index contributed by atoms with van der Waals surface area (Å²) in [5, 5.41) is 10.4. The van der Waals surface area contributed by atoms with E-state index >= 15 is 0 Å². The number of aromatic nitrogens is 3. The van der Waals surface area contributed by atoms with Crippen molar-refractivity contribution in [2.75, 3.05) is 16.9 Å². The molecule has 0 aliphatic carbocycles. The summed E-state index contributed by atoms with van der Waals surface area (Å²) in [6.45, 7) is 0. The summed E-state index contributed by atoms with van der Waals surface area (Å²) in [7, 11) is 0. The van der Waals surface area contributed by atoms with Gasteiger partial charge in [0.2, 0.25) is 11.1 Å². The number of benzene rings is 2. The van der Waals surface area contributed by atoms with Gasteiger partial charge < -0.3 is 11.2 Å². The molecule has 2 aromatic carbocycles. The second kappa shape index (κ2) is 9.31. The van der Waals surface area contributed by atoms with Crippen LogP contribution in [0.4, 0.5) is 32.0 Å². The maximum absolute atomic E-state index is 12.9. The molecular weight excluding hydrogens is 519 g/mol. The summed E-state index contributed by atoms with van der Waals surface area (Å²) in [6, 6.07) is 5.32. The average molecular weight is 530 g/mol. The van der Waals surface area contributed by atoms with Gasteiger partial charge in [-0.15, -0.1) is 10.2 Å². The molecule has 33 heavy (non-hydrogen) atoms. The Morgan fingerprint density at radius 2 is 1.61 bits per heavy atom. The zero-order chi connectivity index (χ0) is 24.6. The quantitative estimate of drug-likeness (QED) is 0.250. The van der Waals surface area contributed by atoms with Gasteiger partial charge in [-0.2, -0.15) is 26.3 Å². The first-order valence-electron chi connectivity index (χ1n) is 8.64. The van der Waals surface area contributed by atoms with Crippen LogP contribution < -0.4 is 11.2 Å². The first-order chi connectivity index (χ1) is 15.3. The summed E-state index contributed by atoms with van der Waals surface area (Å²) in [4.78, 5) is 12.2. The van der Waals surface area contributed by atoms with Gasteiger partial charge >= 0.3 is 12.4 Å². The number of hydrogen-bond acceptors (Lipinski definition) is 5. The molecule has 0 unspecified atom stereocenters. The SMILES string of the molecule is Nn1c(SCC(=O)Nc2cc(C(F)(F)F)cc(C(F)(F)F)c2)nnc1-c1ccc(Cl)cc1Cl. The number of thioether (sulfide) groups is 1. The van der Waals surface area contributed by atoms with E-state index in [4.69, 9.17) is 29.0 Å². The molecule has 0 saturated heterocycles. The average Bonchev–Trinajstić information content (AvgIpc) is 3.05. The summed E-state index contributed by atoms with van der Waals surface area (Å²) in [5.41, 5.74) is -3.36. The van der Waals surface area contributed by atoms with E-state index in [1.807, 2.05) is 5.32 Å². The third kappa shape index (κ3) is 6.03. The van der Waals surface area contributed by atoms with Crippen molar-refractivity contribution >= 4 is 46.6 Å². The van der Waals surface area contributed by atoms with Crippen molar-refractivity contribution in [2.24, 2.45) is 0 Å². The minimum absolute atomic E-state index is 0.0370. The van der Waals surface area contributed by atoms with Gasteiger partial charge in [0, 0.05) is 16.3 Å². The van der Waals surface area contributed by atoms with E-state index in [2.05, 4.69) is 10.2 Å². The third-order valence-electron chi connectivity index (χ3n) is 4.04. The second-order valence-corrected chi connectivity index (χ2v) is 8.22. The van der Waals surface area contributed by atoms with Gasteiger partial charge in [-0.05, 0) is 36.4 Å². The Kier molecular flexibility index (Phi) is 7.05. The fourth-order valence-electron chi connectivity index (χ4n) is 2.58. The lowest BCUT2D eigenvalue weighted by Gasteiger charge is -2.14. The van der Waals surface area contributed by atoms with Crippen LogP contribution in [0.15, 0.2) is 41.6 Å². The molecule has 3 rings (SSSR count). The van der Waals surface area contributed by atoms with Crippen LogP contribution in [0.2, 0.25) is 10.0 Å². The Morgan fingerprint density at radius 1 is 1.00 bits per heavy atom. The van der Waals surface area contributed by atoms with Crippen molar-refractivity contribution < 1.29 is 31.1 Å². The number of nitrogens with zero attached hydrogens (tertiary/aromatic N) is 3. The molecule has 0 saturated carbocycles.